The third-order valence-corrected chi connectivity index (χ3v) is 4.24. The molecule has 1 saturated heterocycles. The molecule has 1 amide bonds. The maximum Gasteiger partial charge on any atom is 0.220 e. The second-order valence-corrected chi connectivity index (χ2v) is 5.71. The Morgan fingerprint density at radius 2 is 2.00 bits per heavy atom. The summed E-state index contributed by atoms with van der Waals surface area (Å²) in [6, 6.07) is 0. The van der Waals surface area contributed by atoms with Crippen molar-refractivity contribution in [1.82, 2.24) is 10.6 Å². The first-order valence-electron chi connectivity index (χ1n) is 7.32. The summed E-state index contributed by atoms with van der Waals surface area (Å²) in [6.45, 7) is 3.06. The van der Waals surface area contributed by atoms with E-state index in [0.29, 0.717) is 5.92 Å². The molecule has 2 aliphatic rings. The molecule has 3 heteroatoms. The average molecular weight is 238 g/mol. The molecule has 1 atom stereocenters. The molecule has 3 nitrogen and oxygen atoms in total. The van der Waals surface area contributed by atoms with E-state index in [4.69, 9.17) is 0 Å². The zero-order chi connectivity index (χ0) is 11.9. The van der Waals surface area contributed by atoms with E-state index in [9.17, 15) is 4.79 Å². The SMILES string of the molecule is O=C(CCCC1CCCC1)NCC1CCNC1. The van der Waals surface area contributed by atoms with Gasteiger partial charge in [-0.15, -0.1) is 0 Å². The molecule has 0 aromatic rings. The van der Waals surface area contributed by atoms with Gasteiger partial charge in [-0.25, -0.2) is 0 Å². The first kappa shape index (κ1) is 12.9. The standard InChI is InChI=1S/C14H26N2O/c17-14(16-11-13-8-9-15-10-13)7-3-6-12-4-1-2-5-12/h12-13,15H,1-11H2,(H,16,17). The van der Waals surface area contributed by atoms with Crippen LogP contribution in [0.4, 0.5) is 0 Å². The largest absolute Gasteiger partial charge is 0.356 e. The van der Waals surface area contributed by atoms with Gasteiger partial charge >= 0.3 is 0 Å². The monoisotopic (exact) mass is 238 g/mol. The number of hydrogen-bond acceptors (Lipinski definition) is 2. The van der Waals surface area contributed by atoms with E-state index in [1.807, 2.05) is 0 Å². The minimum absolute atomic E-state index is 0.259. The topological polar surface area (TPSA) is 41.1 Å². The lowest BCUT2D eigenvalue weighted by Gasteiger charge is -2.11. The average Bonchev–Trinajstić information content (AvgIpc) is 2.99. The molecule has 0 bridgehead atoms. The highest BCUT2D eigenvalue weighted by atomic mass is 16.1. The van der Waals surface area contributed by atoms with Crippen molar-refractivity contribution in [1.29, 1.82) is 0 Å². The highest BCUT2D eigenvalue weighted by Crippen LogP contribution is 2.28. The molecule has 98 valence electrons. The summed E-state index contributed by atoms with van der Waals surface area (Å²) in [7, 11) is 0. The number of hydrogen-bond donors (Lipinski definition) is 2. The minimum atomic E-state index is 0.259. The molecular formula is C14H26N2O. The molecule has 0 spiro atoms. The summed E-state index contributed by atoms with van der Waals surface area (Å²) in [6.07, 6.45) is 9.90. The van der Waals surface area contributed by atoms with Gasteiger partial charge in [-0.05, 0) is 44.2 Å². The van der Waals surface area contributed by atoms with Gasteiger partial charge in [0, 0.05) is 13.0 Å². The molecule has 17 heavy (non-hydrogen) atoms. The van der Waals surface area contributed by atoms with Gasteiger partial charge in [0.15, 0.2) is 0 Å². The summed E-state index contributed by atoms with van der Waals surface area (Å²) in [5, 5.41) is 6.40. The lowest BCUT2D eigenvalue weighted by molar-refractivity contribution is -0.121. The Bertz CT molecular complexity index is 230. The molecule has 0 aromatic carbocycles. The van der Waals surface area contributed by atoms with Gasteiger partial charge in [0.2, 0.25) is 5.91 Å². The van der Waals surface area contributed by atoms with E-state index in [2.05, 4.69) is 10.6 Å². The Labute approximate surface area is 105 Å². The van der Waals surface area contributed by atoms with Crippen molar-refractivity contribution in [3.63, 3.8) is 0 Å². The zero-order valence-corrected chi connectivity index (χ0v) is 10.8. The van der Waals surface area contributed by atoms with Gasteiger partial charge in [-0.3, -0.25) is 4.79 Å². The van der Waals surface area contributed by atoms with Crippen molar-refractivity contribution in [3.8, 4) is 0 Å². The molecular weight excluding hydrogens is 212 g/mol. The van der Waals surface area contributed by atoms with Crippen LogP contribution in [0.3, 0.4) is 0 Å². The summed E-state index contributed by atoms with van der Waals surface area (Å²) in [5.74, 6) is 1.84. The van der Waals surface area contributed by atoms with Crippen LogP contribution in [-0.4, -0.2) is 25.5 Å². The molecule has 1 unspecified atom stereocenters. The van der Waals surface area contributed by atoms with Crippen LogP contribution in [-0.2, 0) is 4.79 Å². The van der Waals surface area contributed by atoms with Crippen molar-refractivity contribution in [2.75, 3.05) is 19.6 Å². The fourth-order valence-corrected chi connectivity index (χ4v) is 3.09. The predicted octanol–water partition coefficient (Wildman–Crippen LogP) is 2.07. The van der Waals surface area contributed by atoms with Gasteiger partial charge in [0.25, 0.3) is 0 Å². The van der Waals surface area contributed by atoms with E-state index in [1.165, 1.54) is 38.5 Å². The van der Waals surface area contributed by atoms with Gasteiger partial charge < -0.3 is 10.6 Å². The summed E-state index contributed by atoms with van der Waals surface area (Å²) < 4.78 is 0. The highest BCUT2D eigenvalue weighted by molar-refractivity contribution is 5.75. The van der Waals surface area contributed by atoms with Crippen molar-refractivity contribution in [2.24, 2.45) is 11.8 Å². The summed E-state index contributed by atoms with van der Waals surface area (Å²) >= 11 is 0. The van der Waals surface area contributed by atoms with Crippen LogP contribution in [0.2, 0.25) is 0 Å². The molecule has 1 aliphatic carbocycles. The quantitative estimate of drug-likeness (QED) is 0.744. The smallest absolute Gasteiger partial charge is 0.220 e. The number of amides is 1. The minimum Gasteiger partial charge on any atom is -0.356 e. The van der Waals surface area contributed by atoms with Crippen LogP contribution in [0.25, 0.3) is 0 Å². The summed E-state index contributed by atoms with van der Waals surface area (Å²) in [5.41, 5.74) is 0. The van der Waals surface area contributed by atoms with E-state index >= 15 is 0 Å². The Kier molecular flexibility index (Phi) is 5.30. The second-order valence-electron chi connectivity index (χ2n) is 5.71. The molecule has 0 aromatic heterocycles. The highest BCUT2D eigenvalue weighted by Gasteiger charge is 2.16. The Balaban J connectivity index is 1.48. The van der Waals surface area contributed by atoms with Gasteiger partial charge in [0.05, 0.1) is 0 Å². The molecule has 1 heterocycles. The van der Waals surface area contributed by atoms with Gasteiger partial charge in [-0.1, -0.05) is 25.7 Å². The van der Waals surface area contributed by atoms with Crippen LogP contribution >= 0.6 is 0 Å². The normalized spacial score (nSPS) is 25.3. The van der Waals surface area contributed by atoms with Crippen LogP contribution in [0.5, 0.6) is 0 Å². The number of carbonyl (C=O) groups excluding carboxylic acids is 1. The zero-order valence-electron chi connectivity index (χ0n) is 10.8. The van der Waals surface area contributed by atoms with E-state index in [0.717, 1.165) is 38.4 Å². The first-order valence-corrected chi connectivity index (χ1v) is 7.32. The molecule has 2 rings (SSSR count). The van der Waals surface area contributed by atoms with Crippen LogP contribution in [0.15, 0.2) is 0 Å². The van der Waals surface area contributed by atoms with Crippen LogP contribution in [0.1, 0.15) is 51.4 Å². The predicted molar refractivity (Wildman–Crippen MR) is 69.8 cm³/mol. The van der Waals surface area contributed by atoms with Crippen LogP contribution < -0.4 is 10.6 Å². The lowest BCUT2D eigenvalue weighted by Crippen LogP contribution is -2.30. The number of carbonyl (C=O) groups is 1. The molecule has 1 aliphatic heterocycles. The fraction of sp³-hybridized carbons (Fsp3) is 0.929. The van der Waals surface area contributed by atoms with E-state index in [-0.39, 0.29) is 5.91 Å². The van der Waals surface area contributed by atoms with Gasteiger partial charge in [-0.2, -0.15) is 0 Å². The van der Waals surface area contributed by atoms with Crippen molar-refractivity contribution >= 4 is 5.91 Å². The Hall–Kier alpha value is -0.570. The third-order valence-electron chi connectivity index (χ3n) is 4.24. The lowest BCUT2D eigenvalue weighted by atomic mass is 10.0. The van der Waals surface area contributed by atoms with E-state index < -0.39 is 0 Å². The molecule has 1 saturated carbocycles. The van der Waals surface area contributed by atoms with Crippen LogP contribution in [0, 0.1) is 11.8 Å². The first-order chi connectivity index (χ1) is 8.34. The maximum absolute atomic E-state index is 11.6. The Morgan fingerprint density at radius 1 is 1.18 bits per heavy atom. The molecule has 0 radical (unpaired) electrons. The van der Waals surface area contributed by atoms with Crippen molar-refractivity contribution < 1.29 is 4.79 Å². The Morgan fingerprint density at radius 3 is 2.71 bits per heavy atom. The molecule has 2 N–H and O–H groups in total. The van der Waals surface area contributed by atoms with E-state index in [1.54, 1.807) is 0 Å². The number of nitrogens with one attached hydrogen (secondary N) is 2. The fourth-order valence-electron chi connectivity index (χ4n) is 3.09. The van der Waals surface area contributed by atoms with Crippen molar-refractivity contribution in [2.45, 2.75) is 51.4 Å². The number of rotatable bonds is 6. The molecule has 2 fully saturated rings. The van der Waals surface area contributed by atoms with Gasteiger partial charge in [0.1, 0.15) is 0 Å². The summed E-state index contributed by atoms with van der Waals surface area (Å²) in [4.78, 5) is 11.6. The third kappa shape index (κ3) is 4.66. The van der Waals surface area contributed by atoms with Crippen molar-refractivity contribution in [3.05, 3.63) is 0 Å². The maximum atomic E-state index is 11.6. The second kappa shape index (κ2) is 7.00.